The van der Waals surface area contributed by atoms with Crippen LogP contribution >= 0.6 is 0 Å². The molecule has 0 aliphatic carbocycles. The lowest BCUT2D eigenvalue weighted by atomic mass is 10.3. The molecule has 3 N–H and O–H groups in total. The van der Waals surface area contributed by atoms with Crippen LogP contribution in [0.15, 0.2) is 12.7 Å². The van der Waals surface area contributed by atoms with E-state index in [9.17, 15) is 9.59 Å². The molecule has 0 unspecified atom stereocenters. The van der Waals surface area contributed by atoms with Crippen molar-refractivity contribution in [2.45, 2.75) is 6.42 Å². The summed E-state index contributed by atoms with van der Waals surface area (Å²) in [5, 5.41) is 19.8. The Hall–Kier alpha value is -1.40. The topological polar surface area (TPSA) is 89.9 Å². The van der Waals surface area contributed by atoms with E-state index in [1.165, 1.54) is 11.0 Å². The highest BCUT2D eigenvalue weighted by atomic mass is 16.4. The van der Waals surface area contributed by atoms with Gasteiger partial charge in [0.15, 0.2) is 0 Å². The third-order valence-electron chi connectivity index (χ3n) is 1.91. The Labute approximate surface area is 94.6 Å². The van der Waals surface area contributed by atoms with Crippen molar-refractivity contribution in [2.24, 2.45) is 0 Å². The monoisotopic (exact) mass is 230 g/mol. The molecule has 16 heavy (non-hydrogen) atoms. The van der Waals surface area contributed by atoms with Gasteiger partial charge in [-0.15, -0.1) is 0 Å². The Morgan fingerprint density at radius 2 is 2.06 bits per heavy atom. The van der Waals surface area contributed by atoms with Crippen molar-refractivity contribution < 1.29 is 19.8 Å². The maximum Gasteiger partial charge on any atom is 0.317 e. The van der Waals surface area contributed by atoms with Crippen molar-refractivity contribution >= 4 is 11.9 Å². The van der Waals surface area contributed by atoms with E-state index in [4.69, 9.17) is 10.2 Å². The van der Waals surface area contributed by atoms with Crippen LogP contribution < -0.4 is 5.32 Å². The van der Waals surface area contributed by atoms with Crippen molar-refractivity contribution in [3.05, 3.63) is 12.7 Å². The van der Waals surface area contributed by atoms with Gasteiger partial charge in [0, 0.05) is 13.1 Å². The summed E-state index contributed by atoms with van der Waals surface area (Å²) in [6.07, 6.45) is 1.83. The minimum atomic E-state index is -0.908. The van der Waals surface area contributed by atoms with Gasteiger partial charge in [-0.3, -0.25) is 9.59 Å². The molecule has 1 amide bonds. The molecule has 0 aliphatic rings. The van der Waals surface area contributed by atoms with Crippen LogP contribution in [0, 0.1) is 0 Å². The average Bonchev–Trinajstić information content (AvgIpc) is 2.25. The first kappa shape index (κ1) is 14.6. The van der Waals surface area contributed by atoms with Crippen molar-refractivity contribution in [2.75, 3.05) is 32.8 Å². The summed E-state index contributed by atoms with van der Waals surface area (Å²) in [5.41, 5.74) is 0. The van der Waals surface area contributed by atoms with Gasteiger partial charge in [0.2, 0.25) is 5.91 Å². The van der Waals surface area contributed by atoms with E-state index in [0.29, 0.717) is 19.5 Å². The predicted molar refractivity (Wildman–Crippen MR) is 59.0 cm³/mol. The molecule has 0 fully saturated rings. The van der Waals surface area contributed by atoms with Crippen LogP contribution in [0.5, 0.6) is 0 Å². The fraction of sp³-hybridized carbons (Fsp3) is 0.600. The number of aliphatic hydroxyl groups excluding tert-OH is 1. The molecule has 0 aliphatic heterocycles. The van der Waals surface area contributed by atoms with E-state index in [2.05, 4.69) is 11.9 Å². The van der Waals surface area contributed by atoms with E-state index in [0.717, 1.165) is 0 Å². The number of aliphatic carboxylic acids is 1. The number of hydrogen-bond acceptors (Lipinski definition) is 4. The number of nitrogens with zero attached hydrogens (tertiary/aromatic N) is 1. The van der Waals surface area contributed by atoms with Gasteiger partial charge >= 0.3 is 5.97 Å². The maximum atomic E-state index is 11.3. The van der Waals surface area contributed by atoms with Gasteiger partial charge in [-0.25, -0.2) is 0 Å². The normalized spacial score (nSPS) is 9.81. The number of carboxylic acid groups (broad SMARTS) is 1. The third-order valence-corrected chi connectivity index (χ3v) is 1.91. The molecule has 0 atom stereocenters. The van der Waals surface area contributed by atoms with Gasteiger partial charge in [-0.05, 0) is 19.0 Å². The lowest BCUT2D eigenvalue weighted by Crippen LogP contribution is -2.35. The fourth-order valence-electron chi connectivity index (χ4n) is 1.17. The van der Waals surface area contributed by atoms with E-state index in [-0.39, 0.29) is 25.6 Å². The molecule has 0 aromatic heterocycles. The van der Waals surface area contributed by atoms with Gasteiger partial charge in [-0.1, -0.05) is 6.58 Å². The number of carbonyl (C=O) groups excluding carboxylic acids is 1. The summed E-state index contributed by atoms with van der Waals surface area (Å²) in [7, 11) is 0. The molecule has 0 heterocycles. The van der Waals surface area contributed by atoms with E-state index >= 15 is 0 Å². The number of aliphatic hydroxyl groups is 1. The summed E-state index contributed by atoms with van der Waals surface area (Å²) in [6, 6.07) is 0. The zero-order chi connectivity index (χ0) is 12.4. The summed E-state index contributed by atoms with van der Waals surface area (Å²) >= 11 is 0. The molecule has 0 radical (unpaired) electrons. The lowest BCUT2D eigenvalue weighted by Gasteiger charge is -2.19. The smallest absolute Gasteiger partial charge is 0.317 e. The summed E-state index contributed by atoms with van der Waals surface area (Å²) in [5.74, 6) is -1.14. The van der Waals surface area contributed by atoms with Crippen LogP contribution in [-0.4, -0.2) is 59.8 Å². The second-order valence-electron chi connectivity index (χ2n) is 3.18. The largest absolute Gasteiger partial charge is 0.480 e. The SMILES string of the molecule is C=CC(=O)N(CCO)CCCNCC(=O)O. The second kappa shape index (κ2) is 8.87. The zero-order valence-corrected chi connectivity index (χ0v) is 9.19. The molecule has 6 nitrogen and oxygen atoms in total. The molecule has 0 aromatic rings. The van der Waals surface area contributed by atoms with Crippen LogP contribution in [-0.2, 0) is 9.59 Å². The molecule has 0 saturated carbocycles. The highest BCUT2D eigenvalue weighted by molar-refractivity contribution is 5.86. The van der Waals surface area contributed by atoms with Gasteiger partial charge in [-0.2, -0.15) is 0 Å². The van der Waals surface area contributed by atoms with Crippen LogP contribution in [0.3, 0.4) is 0 Å². The number of hydrogen-bond donors (Lipinski definition) is 3. The molecule has 0 spiro atoms. The third kappa shape index (κ3) is 6.97. The van der Waals surface area contributed by atoms with Gasteiger partial charge in [0.25, 0.3) is 0 Å². The zero-order valence-electron chi connectivity index (χ0n) is 9.19. The quantitative estimate of drug-likeness (QED) is 0.351. The first-order chi connectivity index (χ1) is 7.61. The molecule has 6 heteroatoms. The first-order valence-electron chi connectivity index (χ1n) is 5.06. The van der Waals surface area contributed by atoms with E-state index < -0.39 is 5.97 Å². The molecule has 0 saturated heterocycles. The Morgan fingerprint density at radius 3 is 2.56 bits per heavy atom. The predicted octanol–water partition coefficient (Wildman–Crippen LogP) is -0.942. The standard InChI is InChI=1S/C10H18N2O4/c1-2-9(14)12(6-7-13)5-3-4-11-8-10(15)16/h2,11,13H,1,3-8H2,(H,15,16). The lowest BCUT2D eigenvalue weighted by molar-refractivity contribution is -0.136. The van der Waals surface area contributed by atoms with Crippen molar-refractivity contribution in [3.8, 4) is 0 Å². The highest BCUT2D eigenvalue weighted by Crippen LogP contribution is 1.93. The Balaban J connectivity index is 3.71. The summed E-state index contributed by atoms with van der Waals surface area (Å²) in [6.45, 7) is 4.43. The van der Waals surface area contributed by atoms with Crippen molar-refractivity contribution in [3.63, 3.8) is 0 Å². The number of rotatable bonds is 9. The molecule has 0 bridgehead atoms. The fourth-order valence-corrected chi connectivity index (χ4v) is 1.17. The Kier molecular flexibility index (Phi) is 8.10. The van der Waals surface area contributed by atoms with Crippen LogP contribution in [0.25, 0.3) is 0 Å². The van der Waals surface area contributed by atoms with E-state index in [1.54, 1.807) is 0 Å². The number of amides is 1. The summed E-state index contributed by atoms with van der Waals surface area (Å²) < 4.78 is 0. The van der Waals surface area contributed by atoms with Crippen LogP contribution in [0.1, 0.15) is 6.42 Å². The average molecular weight is 230 g/mol. The number of carboxylic acids is 1. The molecule has 0 aromatic carbocycles. The minimum absolute atomic E-state index is 0.0879. The Bertz CT molecular complexity index is 243. The van der Waals surface area contributed by atoms with Gasteiger partial charge in [0.1, 0.15) is 0 Å². The number of nitrogens with one attached hydrogen (secondary N) is 1. The maximum absolute atomic E-state index is 11.3. The highest BCUT2D eigenvalue weighted by Gasteiger charge is 2.08. The first-order valence-corrected chi connectivity index (χ1v) is 5.06. The van der Waals surface area contributed by atoms with Gasteiger partial charge < -0.3 is 20.4 Å². The summed E-state index contributed by atoms with van der Waals surface area (Å²) in [4.78, 5) is 22.9. The van der Waals surface area contributed by atoms with E-state index in [1.807, 2.05) is 0 Å². The van der Waals surface area contributed by atoms with Crippen molar-refractivity contribution in [1.29, 1.82) is 0 Å². The van der Waals surface area contributed by atoms with Crippen molar-refractivity contribution in [1.82, 2.24) is 10.2 Å². The molecule has 92 valence electrons. The minimum Gasteiger partial charge on any atom is -0.480 e. The second-order valence-corrected chi connectivity index (χ2v) is 3.18. The van der Waals surface area contributed by atoms with Crippen LogP contribution in [0.2, 0.25) is 0 Å². The number of carbonyl (C=O) groups is 2. The molecule has 0 rings (SSSR count). The van der Waals surface area contributed by atoms with Crippen LogP contribution in [0.4, 0.5) is 0 Å². The van der Waals surface area contributed by atoms with Gasteiger partial charge in [0.05, 0.1) is 13.2 Å². The molecular formula is C10H18N2O4. The Morgan fingerprint density at radius 1 is 1.38 bits per heavy atom. The molecular weight excluding hydrogens is 212 g/mol.